The minimum atomic E-state index is -4.10. The van der Waals surface area contributed by atoms with Gasteiger partial charge in [-0.2, -0.15) is 18.3 Å². The summed E-state index contributed by atoms with van der Waals surface area (Å²) in [5, 5.41) is 11.3. The Bertz CT molecular complexity index is 468. The summed E-state index contributed by atoms with van der Waals surface area (Å²) in [4.78, 5) is 1.48. The molecular weight excluding hydrogens is 281 g/mol. The molecule has 2 heterocycles. The van der Waals surface area contributed by atoms with Gasteiger partial charge >= 0.3 is 6.18 Å². The van der Waals surface area contributed by atoms with Crippen LogP contribution in [-0.2, 0) is 0 Å². The Labute approximate surface area is 122 Å². The number of hydrogen-bond donors (Lipinski definition) is 1. The zero-order valence-corrected chi connectivity index (χ0v) is 12.4. The molecule has 1 aromatic rings. The van der Waals surface area contributed by atoms with Gasteiger partial charge in [0.15, 0.2) is 0 Å². The van der Waals surface area contributed by atoms with Gasteiger partial charge in [-0.25, -0.2) is 0 Å². The second kappa shape index (κ2) is 6.60. The number of piperidine rings is 1. The summed E-state index contributed by atoms with van der Waals surface area (Å²) in [7, 11) is 0. The third-order valence-electron chi connectivity index (χ3n) is 3.91. The summed E-state index contributed by atoms with van der Waals surface area (Å²) in [5.41, 5.74) is 1.98. The first kappa shape index (κ1) is 16.0. The van der Waals surface area contributed by atoms with Crippen LogP contribution in [0.2, 0.25) is 0 Å². The Hall–Kier alpha value is -1.37. The molecule has 0 atom stereocenters. The Kier molecular flexibility index (Phi) is 5.03. The Morgan fingerprint density at radius 3 is 2.48 bits per heavy atom. The molecule has 1 aliphatic heterocycles. The molecule has 7 heteroatoms. The molecule has 0 bridgehead atoms. The predicted molar refractivity (Wildman–Crippen MR) is 75.2 cm³/mol. The number of aryl methyl sites for hydroxylation is 2. The fraction of sp³-hybridized carbons (Fsp3) is 0.714. The fourth-order valence-electron chi connectivity index (χ4n) is 2.48. The lowest BCUT2D eigenvalue weighted by Gasteiger charge is -2.32. The molecule has 1 saturated heterocycles. The van der Waals surface area contributed by atoms with Crippen LogP contribution in [0.1, 0.15) is 24.1 Å². The van der Waals surface area contributed by atoms with Gasteiger partial charge in [-0.05, 0) is 57.3 Å². The van der Waals surface area contributed by atoms with E-state index >= 15 is 0 Å². The van der Waals surface area contributed by atoms with E-state index in [-0.39, 0.29) is 0 Å². The van der Waals surface area contributed by atoms with Gasteiger partial charge in [0.2, 0.25) is 0 Å². The fourth-order valence-corrected chi connectivity index (χ4v) is 2.48. The highest BCUT2D eigenvalue weighted by Crippen LogP contribution is 2.22. The quantitative estimate of drug-likeness (QED) is 0.928. The molecule has 0 amide bonds. The largest absolute Gasteiger partial charge is 0.401 e. The van der Waals surface area contributed by atoms with E-state index in [1.807, 2.05) is 19.9 Å². The SMILES string of the molecule is Cc1cc(NCC2CCN(CC(F)(F)F)CC2)nnc1C. The highest BCUT2D eigenvalue weighted by atomic mass is 19.4. The van der Waals surface area contributed by atoms with Crippen molar-refractivity contribution < 1.29 is 13.2 Å². The third kappa shape index (κ3) is 5.15. The van der Waals surface area contributed by atoms with E-state index in [1.165, 1.54) is 4.90 Å². The molecule has 118 valence electrons. The molecule has 0 spiro atoms. The van der Waals surface area contributed by atoms with Crippen LogP contribution >= 0.6 is 0 Å². The van der Waals surface area contributed by atoms with Gasteiger partial charge < -0.3 is 5.32 Å². The van der Waals surface area contributed by atoms with E-state index in [2.05, 4.69) is 15.5 Å². The first-order chi connectivity index (χ1) is 9.83. The molecule has 0 radical (unpaired) electrons. The number of likely N-dealkylation sites (tertiary alicyclic amines) is 1. The molecular formula is C14H21F3N4. The van der Waals surface area contributed by atoms with Crippen molar-refractivity contribution in [1.82, 2.24) is 15.1 Å². The monoisotopic (exact) mass is 302 g/mol. The van der Waals surface area contributed by atoms with Crippen LogP contribution in [0.4, 0.5) is 19.0 Å². The standard InChI is InChI=1S/C14H21F3N4/c1-10-7-13(20-19-11(10)2)18-8-12-3-5-21(6-4-12)9-14(15,16)17/h7,12H,3-6,8-9H2,1-2H3,(H,18,20). The first-order valence-electron chi connectivity index (χ1n) is 7.17. The van der Waals surface area contributed by atoms with Gasteiger partial charge in [-0.3, -0.25) is 4.90 Å². The number of aromatic nitrogens is 2. The third-order valence-corrected chi connectivity index (χ3v) is 3.91. The molecule has 1 fully saturated rings. The Balaban J connectivity index is 1.75. The molecule has 21 heavy (non-hydrogen) atoms. The molecule has 1 aromatic heterocycles. The van der Waals surface area contributed by atoms with Crippen molar-refractivity contribution in [3.8, 4) is 0 Å². The minimum absolute atomic E-state index is 0.387. The summed E-state index contributed by atoms with van der Waals surface area (Å²) in [5.74, 6) is 1.12. The number of alkyl halides is 3. The Morgan fingerprint density at radius 1 is 1.24 bits per heavy atom. The van der Waals surface area contributed by atoms with Crippen LogP contribution in [-0.4, -0.2) is 47.5 Å². The van der Waals surface area contributed by atoms with Crippen molar-refractivity contribution >= 4 is 5.82 Å². The number of nitrogens with one attached hydrogen (secondary N) is 1. The lowest BCUT2D eigenvalue weighted by atomic mass is 9.97. The molecule has 1 aliphatic rings. The summed E-state index contributed by atoms with van der Waals surface area (Å²) in [6.45, 7) is 4.83. The van der Waals surface area contributed by atoms with Gasteiger partial charge in [-0.1, -0.05) is 0 Å². The highest BCUT2D eigenvalue weighted by molar-refractivity contribution is 5.37. The molecule has 2 rings (SSSR count). The van der Waals surface area contributed by atoms with Crippen LogP contribution in [0, 0.1) is 19.8 Å². The van der Waals surface area contributed by atoms with Gasteiger partial charge in [0.25, 0.3) is 0 Å². The first-order valence-corrected chi connectivity index (χ1v) is 7.17. The molecule has 0 saturated carbocycles. The molecule has 0 unspecified atom stereocenters. The maximum atomic E-state index is 12.3. The van der Waals surface area contributed by atoms with Gasteiger partial charge in [0, 0.05) is 6.54 Å². The summed E-state index contributed by atoms with van der Waals surface area (Å²) >= 11 is 0. The average Bonchev–Trinajstić information content (AvgIpc) is 2.40. The molecule has 0 aromatic carbocycles. The minimum Gasteiger partial charge on any atom is -0.368 e. The second-order valence-corrected chi connectivity index (χ2v) is 5.71. The number of anilines is 1. The summed E-state index contributed by atoms with van der Waals surface area (Å²) in [6.07, 6.45) is -2.54. The van der Waals surface area contributed by atoms with Crippen LogP contribution in [0.15, 0.2) is 6.07 Å². The maximum absolute atomic E-state index is 12.3. The molecule has 1 N–H and O–H groups in total. The van der Waals surface area contributed by atoms with Crippen molar-refractivity contribution in [2.45, 2.75) is 32.9 Å². The van der Waals surface area contributed by atoms with Crippen molar-refractivity contribution in [2.75, 3.05) is 31.5 Å². The van der Waals surface area contributed by atoms with Gasteiger partial charge in [0.05, 0.1) is 12.2 Å². The highest BCUT2D eigenvalue weighted by Gasteiger charge is 2.32. The number of rotatable bonds is 4. The molecule has 0 aliphatic carbocycles. The molecule has 4 nitrogen and oxygen atoms in total. The number of hydrogen-bond acceptors (Lipinski definition) is 4. The zero-order valence-electron chi connectivity index (χ0n) is 12.4. The van der Waals surface area contributed by atoms with E-state index < -0.39 is 12.7 Å². The van der Waals surface area contributed by atoms with E-state index in [0.29, 0.717) is 19.0 Å². The number of halogens is 3. The topological polar surface area (TPSA) is 41.0 Å². The van der Waals surface area contributed by atoms with E-state index in [0.717, 1.165) is 36.5 Å². The van der Waals surface area contributed by atoms with Crippen LogP contribution in [0.5, 0.6) is 0 Å². The van der Waals surface area contributed by atoms with Gasteiger partial charge in [-0.15, -0.1) is 5.10 Å². The van der Waals surface area contributed by atoms with Crippen molar-refractivity contribution in [2.24, 2.45) is 5.92 Å². The van der Waals surface area contributed by atoms with Gasteiger partial charge in [0.1, 0.15) is 5.82 Å². The zero-order chi connectivity index (χ0) is 15.5. The van der Waals surface area contributed by atoms with Crippen molar-refractivity contribution in [1.29, 1.82) is 0 Å². The van der Waals surface area contributed by atoms with Crippen molar-refractivity contribution in [3.05, 3.63) is 17.3 Å². The lowest BCUT2D eigenvalue weighted by molar-refractivity contribution is -0.148. The van der Waals surface area contributed by atoms with Crippen LogP contribution in [0.25, 0.3) is 0 Å². The summed E-state index contributed by atoms with van der Waals surface area (Å²) < 4.78 is 36.9. The number of nitrogens with zero attached hydrogens (tertiary/aromatic N) is 3. The maximum Gasteiger partial charge on any atom is 0.401 e. The van der Waals surface area contributed by atoms with E-state index in [1.54, 1.807) is 0 Å². The van der Waals surface area contributed by atoms with E-state index in [9.17, 15) is 13.2 Å². The Morgan fingerprint density at radius 2 is 1.90 bits per heavy atom. The normalized spacial score (nSPS) is 18.0. The van der Waals surface area contributed by atoms with Crippen LogP contribution in [0.3, 0.4) is 0 Å². The smallest absolute Gasteiger partial charge is 0.368 e. The predicted octanol–water partition coefficient (Wildman–Crippen LogP) is 2.78. The van der Waals surface area contributed by atoms with Crippen molar-refractivity contribution in [3.63, 3.8) is 0 Å². The second-order valence-electron chi connectivity index (χ2n) is 5.71. The average molecular weight is 302 g/mol. The van der Waals surface area contributed by atoms with Crippen LogP contribution < -0.4 is 5.32 Å². The van der Waals surface area contributed by atoms with E-state index in [4.69, 9.17) is 0 Å². The lowest BCUT2D eigenvalue weighted by Crippen LogP contribution is -2.41. The summed E-state index contributed by atoms with van der Waals surface area (Å²) in [6, 6.07) is 1.95.